The summed E-state index contributed by atoms with van der Waals surface area (Å²) in [7, 11) is -4.87. The molecular formula is C14H22ClN3O4S2. The summed E-state index contributed by atoms with van der Waals surface area (Å²) in [4.78, 5) is -0.304. The molecule has 0 spiro atoms. The topological polar surface area (TPSA) is 86.8 Å². The number of benzene rings is 1. The molecule has 1 aromatic carbocycles. The van der Waals surface area contributed by atoms with Crippen LogP contribution in [0.25, 0.3) is 0 Å². The molecule has 0 aliphatic carbocycles. The van der Waals surface area contributed by atoms with Crippen LogP contribution < -0.4 is 5.32 Å². The van der Waals surface area contributed by atoms with Crippen LogP contribution in [-0.2, 0) is 20.0 Å². The van der Waals surface area contributed by atoms with E-state index in [1.54, 1.807) is 6.07 Å². The first-order valence-corrected chi connectivity index (χ1v) is 10.3. The predicted molar refractivity (Wildman–Crippen MR) is 93.2 cm³/mol. The number of fused-ring (bicyclic) bond motifs is 1. The van der Waals surface area contributed by atoms with Crippen molar-refractivity contribution < 1.29 is 16.8 Å². The number of hydrogen-bond donors (Lipinski definition) is 1. The summed E-state index contributed by atoms with van der Waals surface area (Å²) in [5, 5.41) is 3.26. The number of rotatable bonds is 4. The molecule has 1 N–H and O–H groups in total. The maximum Gasteiger partial charge on any atom is 0.244 e. The zero-order valence-corrected chi connectivity index (χ0v) is 16.0. The lowest BCUT2D eigenvalue weighted by molar-refractivity contribution is 0.445. The minimum Gasteiger partial charge on any atom is -0.316 e. The maximum atomic E-state index is 13.0. The molecule has 2 heterocycles. The van der Waals surface area contributed by atoms with Gasteiger partial charge >= 0.3 is 0 Å². The SMILES string of the molecule is CN(C)S(=O)(=O)c1ccccc1S(=O)(=O)N1C[C@H]2CNC[C@H]2C1.Cl. The largest absolute Gasteiger partial charge is 0.316 e. The summed E-state index contributed by atoms with van der Waals surface area (Å²) in [6, 6.07) is 5.82. The van der Waals surface area contributed by atoms with Crippen LogP contribution in [0.15, 0.2) is 34.1 Å². The highest BCUT2D eigenvalue weighted by molar-refractivity contribution is 7.92. The fraction of sp³-hybridized carbons (Fsp3) is 0.571. The van der Waals surface area contributed by atoms with Crippen molar-refractivity contribution >= 4 is 32.5 Å². The molecule has 24 heavy (non-hydrogen) atoms. The molecular weight excluding hydrogens is 374 g/mol. The van der Waals surface area contributed by atoms with Gasteiger partial charge in [0.1, 0.15) is 9.79 Å². The Morgan fingerprint density at radius 2 is 1.50 bits per heavy atom. The molecule has 3 rings (SSSR count). The minimum atomic E-state index is -3.83. The highest BCUT2D eigenvalue weighted by Crippen LogP contribution is 2.33. The van der Waals surface area contributed by atoms with Crippen LogP contribution in [0.2, 0.25) is 0 Å². The summed E-state index contributed by atoms with van der Waals surface area (Å²) in [5.74, 6) is 0.616. The molecule has 0 saturated carbocycles. The average molecular weight is 396 g/mol. The van der Waals surface area contributed by atoms with Crippen LogP contribution in [0, 0.1) is 11.8 Å². The van der Waals surface area contributed by atoms with Gasteiger partial charge in [0.2, 0.25) is 20.0 Å². The van der Waals surface area contributed by atoms with E-state index in [4.69, 9.17) is 0 Å². The second kappa shape index (κ2) is 6.89. The molecule has 0 aromatic heterocycles. The van der Waals surface area contributed by atoms with E-state index in [9.17, 15) is 16.8 Å². The lowest BCUT2D eigenvalue weighted by Crippen LogP contribution is -2.33. The highest BCUT2D eigenvalue weighted by atomic mass is 35.5. The van der Waals surface area contributed by atoms with E-state index in [1.165, 1.54) is 36.6 Å². The smallest absolute Gasteiger partial charge is 0.244 e. The van der Waals surface area contributed by atoms with Gasteiger partial charge in [0.25, 0.3) is 0 Å². The quantitative estimate of drug-likeness (QED) is 0.786. The van der Waals surface area contributed by atoms with E-state index in [2.05, 4.69) is 5.32 Å². The summed E-state index contributed by atoms with van der Waals surface area (Å²) in [6.07, 6.45) is 0. The highest BCUT2D eigenvalue weighted by Gasteiger charge is 2.42. The molecule has 0 amide bonds. The lowest BCUT2D eigenvalue weighted by atomic mass is 10.0. The monoisotopic (exact) mass is 395 g/mol. The van der Waals surface area contributed by atoms with Gasteiger partial charge in [-0.15, -0.1) is 12.4 Å². The molecule has 7 nitrogen and oxygen atoms in total. The number of sulfonamides is 2. The molecule has 2 atom stereocenters. The summed E-state index contributed by atoms with van der Waals surface area (Å²) >= 11 is 0. The van der Waals surface area contributed by atoms with Crippen molar-refractivity contribution in [3.05, 3.63) is 24.3 Å². The Labute approximate surface area is 149 Å². The number of nitrogens with one attached hydrogen (secondary N) is 1. The summed E-state index contributed by atoms with van der Waals surface area (Å²) in [6.45, 7) is 2.51. The van der Waals surface area contributed by atoms with Crippen LogP contribution in [0.5, 0.6) is 0 Å². The molecule has 136 valence electrons. The molecule has 2 saturated heterocycles. The fourth-order valence-corrected chi connectivity index (χ4v) is 6.45. The third-order valence-corrected chi connectivity index (χ3v) is 8.47. The standard InChI is InChI=1S/C14H21N3O4S2.ClH/c1-16(2)22(18,19)13-5-3-4-6-14(13)23(20,21)17-9-11-7-15-8-12(11)10-17;/h3-6,11-12,15H,7-10H2,1-2H3;1H/t11-,12+;. The number of nitrogens with zero attached hydrogens (tertiary/aromatic N) is 2. The van der Waals surface area contributed by atoms with Crippen LogP contribution in [0.3, 0.4) is 0 Å². The Morgan fingerprint density at radius 3 is 2.00 bits per heavy atom. The molecule has 0 unspecified atom stereocenters. The van der Waals surface area contributed by atoms with Gasteiger partial charge in [0, 0.05) is 27.2 Å². The Bertz CT molecular complexity index is 799. The molecule has 2 aliphatic heterocycles. The van der Waals surface area contributed by atoms with E-state index in [0.717, 1.165) is 17.4 Å². The van der Waals surface area contributed by atoms with Gasteiger partial charge in [-0.3, -0.25) is 0 Å². The zero-order valence-electron chi connectivity index (χ0n) is 13.5. The van der Waals surface area contributed by atoms with Gasteiger partial charge in [-0.1, -0.05) is 12.1 Å². The van der Waals surface area contributed by atoms with Crippen molar-refractivity contribution in [2.75, 3.05) is 40.3 Å². The molecule has 1 aromatic rings. The Hall–Kier alpha value is -0.710. The average Bonchev–Trinajstić information content (AvgIpc) is 3.08. The van der Waals surface area contributed by atoms with E-state index in [1.807, 2.05) is 0 Å². The van der Waals surface area contributed by atoms with Crippen LogP contribution >= 0.6 is 12.4 Å². The fourth-order valence-electron chi connectivity index (χ4n) is 3.22. The Kier molecular flexibility index (Phi) is 5.63. The van der Waals surface area contributed by atoms with Gasteiger partial charge in [-0.05, 0) is 37.1 Å². The van der Waals surface area contributed by atoms with Gasteiger partial charge in [-0.25, -0.2) is 21.1 Å². The molecule has 0 bridgehead atoms. The first-order chi connectivity index (χ1) is 10.7. The Balaban J connectivity index is 0.00000208. The second-order valence-corrected chi connectivity index (χ2v) is 10.3. The van der Waals surface area contributed by atoms with Crippen molar-refractivity contribution in [1.29, 1.82) is 0 Å². The normalized spacial score (nSPS) is 24.8. The number of halogens is 1. The van der Waals surface area contributed by atoms with Gasteiger partial charge in [0.15, 0.2) is 0 Å². The van der Waals surface area contributed by atoms with E-state index < -0.39 is 20.0 Å². The summed E-state index contributed by atoms with van der Waals surface area (Å²) in [5.41, 5.74) is 0. The van der Waals surface area contributed by atoms with Crippen LogP contribution in [0.1, 0.15) is 0 Å². The first kappa shape index (κ1) is 19.6. The van der Waals surface area contributed by atoms with E-state index in [-0.39, 0.29) is 22.2 Å². The second-order valence-electron chi connectivity index (χ2n) is 6.23. The molecule has 2 fully saturated rings. The van der Waals surface area contributed by atoms with E-state index in [0.29, 0.717) is 24.9 Å². The number of hydrogen-bond acceptors (Lipinski definition) is 5. The van der Waals surface area contributed by atoms with Crippen molar-refractivity contribution in [2.45, 2.75) is 9.79 Å². The lowest BCUT2D eigenvalue weighted by Gasteiger charge is -2.20. The molecule has 2 aliphatic rings. The van der Waals surface area contributed by atoms with E-state index >= 15 is 0 Å². The molecule has 10 heteroatoms. The van der Waals surface area contributed by atoms with Gasteiger partial charge < -0.3 is 5.32 Å². The van der Waals surface area contributed by atoms with Crippen LogP contribution in [-0.4, -0.2) is 65.7 Å². The van der Waals surface area contributed by atoms with Crippen molar-refractivity contribution in [3.63, 3.8) is 0 Å². The third kappa shape index (κ3) is 3.21. The third-order valence-electron chi connectivity index (χ3n) is 4.58. The Morgan fingerprint density at radius 1 is 1.00 bits per heavy atom. The van der Waals surface area contributed by atoms with Crippen molar-refractivity contribution in [1.82, 2.24) is 13.9 Å². The van der Waals surface area contributed by atoms with Crippen molar-refractivity contribution in [2.24, 2.45) is 11.8 Å². The zero-order chi connectivity index (χ0) is 16.8. The minimum absolute atomic E-state index is 0. The first-order valence-electron chi connectivity index (χ1n) is 7.47. The van der Waals surface area contributed by atoms with Gasteiger partial charge in [0.05, 0.1) is 0 Å². The summed E-state index contributed by atoms with van der Waals surface area (Å²) < 4.78 is 53.3. The van der Waals surface area contributed by atoms with Crippen LogP contribution in [0.4, 0.5) is 0 Å². The van der Waals surface area contributed by atoms with Crippen molar-refractivity contribution in [3.8, 4) is 0 Å². The van der Waals surface area contributed by atoms with Gasteiger partial charge in [-0.2, -0.15) is 4.31 Å². The molecule has 0 radical (unpaired) electrons. The maximum absolute atomic E-state index is 13.0. The predicted octanol–water partition coefficient (Wildman–Crippen LogP) is 0.199.